The van der Waals surface area contributed by atoms with E-state index in [1.165, 1.54) is 4.90 Å². The molecule has 1 aliphatic rings. The van der Waals surface area contributed by atoms with Crippen molar-refractivity contribution in [2.24, 2.45) is 0 Å². The number of carbonyl (C=O) groups is 3. The lowest BCUT2D eigenvalue weighted by molar-refractivity contribution is -0.138. The zero-order chi connectivity index (χ0) is 14.2. The smallest absolute Gasteiger partial charge is 0.255 e. The van der Waals surface area contributed by atoms with Gasteiger partial charge in [-0.05, 0) is 31.5 Å². The number of anilines is 1. The van der Waals surface area contributed by atoms with Crippen molar-refractivity contribution in [1.29, 1.82) is 0 Å². The van der Waals surface area contributed by atoms with Gasteiger partial charge in [-0.3, -0.25) is 19.7 Å². The standard InChI is InChI=1S/C13H15N3O3/c1-7-3-4-9(14)5-10(7)13(19)16-6-11(17)15-12(18)8(16)2/h3-5,8H,6,14H2,1-2H3,(H,15,17,18). The van der Waals surface area contributed by atoms with Crippen LogP contribution in [-0.2, 0) is 9.59 Å². The highest BCUT2D eigenvalue weighted by atomic mass is 16.2. The number of carbonyl (C=O) groups excluding carboxylic acids is 3. The second-order valence-electron chi connectivity index (χ2n) is 4.60. The summed E-state index contributed by atoms with van der Waals surface area (Å²) in [7, 11) is 0. The lowest BCUT2D eigenvalue weighted by Gasteiger charge is -2.32. The van der Waals surface area contributed by atoms with Gasteiger partial charge in [-0.2, -0.15) is 0 Å². The number of hydrogen-bond donors (Lipinski definition) is 2. The average molecular weight is 261 g/mol. The second-order valence-corrected chi connectivity index (χ2v) is 4.60. The molecule has 1 aromatic carbocycles. The Balaban J connectivity index is 2.35. The van der Waals surface area contributed by atoms with Crippen LogP contribution in [0.4, 0.5) is 5.69 Å². The Labute approximate surface area is 110 Å². The average Bonchev–Trinajstić information content (AvgIpc) is 2.36. The van der Waals surface area contributed by atoms with E-state index in [4.69, 9.17) is 5.73 Å². The van der Waals surface area contributed by atoms with Crippen LogP contribution in [-0.4, -0.2) is 35.2 Å². The topological polar surface area (TPSA) is 92.5 Å². The van der Waals surface area contributed by atoms with Gasteiger partial charge < -0.3 is 10.6 Å². The number of nitrogens with one attached hydrogen (secondary N) is 1. The molecule has 0 bridgehead atoms. The summed E-state index contributed by atoms with van der Waals surface area (Å²) in [6.07, 6.45) is 0. The van der Waals surface area contributed by atoms with Gasteiger partial charge in [0.25, 0.3) is 5.91 Å². The zero-order valence-corrected chi connectivity index (χ0v) is 10.8. The third-order valence-electron chi connectivity index (χ3n) is 3.18. The molecule has 19 heavy (non-hydrogen) atoms. The largest absolute Gasteiger partial charge is 0.399 e. The van der Waals surface area contributed by atoms with Gasteiger partial charge >= 0.3 is 0 Å². The molecule has 0 aliphatic carbocycles. The molecule has 0 radical (unpaired) electrons. The van der Waals surface area contributed by atoms with Gasteiger partial charge in [-0.25, -0.2) is 0 Å². The Hall–Kier alpha value is -2.37. The first kappa shape index (κ1) is 13.1. The van der Waals surface area contributed by atoms with Crippen molar-refractivity contribution in [3.05, 3.63) is 29.3 Å². The highest BCUT2D eigenvalue weighted by Gasteiger charge is 2.34. The highest BCUT2D eigenvalue weighted by Crippen LogP contribution is 2.17. The number of nitrogens with zero attached hydrogens (tertiary/aromatic N) is 1. The highest BCUT2D eigenvalue weighted by molar-refractivity contribution is 6.07. The third-order valence-corrected chi connectivity index (χ3v) is 3.18. The molecular formula is C13H15N3O3. The quantitative estimate of drug-likeness (QED) is 0.552. The first-order chi connectivity index (χ1) is 8.90. The Morgan fingerprint density at radius 1 is 1.42 bits per heavy atom. The van der Waals surface area contributed by atoms with Crippen molar-refractivity contribution in [3.63, 3.8) is 0 Å². The number of nitrogens with two attached hydrogens (primary N) is 1. The fraction of sp³-hybridized carbons (Fsp3) is 0.308. The van der Waals surface area contributed by atoms with Crippen LogP contribution in [0.25, 0.3) is 0 Å². The molecule has 100 valence electrons. The molecule has 1 fully saturated rings. The van der Waals surface area contributed by atoms with Crippen LogP contribution >= 0.6 is 0 Å². The zero-order valence-electron chi connectivity index (χ0n) is 10.8. The van der Waals surface area contributed by atoms with Crippen molar-refractivity contribution in [1.82, 2.24) is 10.2 Å². The molecule has 6 nitrogen and oxygen atoms in total. The predicted octanol–water partition coefficient (Wildman–Crippen LogP) is 0.0643. The van der Waals surface area contributed by atoms with E-state index in [-0.39, 0.29) is 12.5 Å². The van der Waals surface area contributed by atoms with Crippen LogP contribution in [0, 0.1) is 6.92 Å². The molecule has 1 atom stereocenters. The number of imide groups is 1. The number of nitrogen functional groups attached to an aromatic ring is 1. The third kappa shape index (κ3) is 2.42. The minimum Gasteiger partial charge on any atom is -0.399 e. The van der Waals surface area contributed by atoms with Crippen LogP contribution < -0.4 is 11.1 Å². The van der Waals surface area contributed by atoms with Gasteiger partial charge in [-0.15, -0.1) is 0 Å². The molecule has 0 aromatic heterocycles. The molecule has 1 aromatic rings. The van der Waals surface area contributed by atoms with E-state index in [9.17, 15) is 14.4 Å². The van der Waals surface area contributed by atoms with Crippen LogP contribution in [0.15, 0.2) is 18.2 Å². The van der Waals surface area contributed by atoms with E-state index in [1.807, 2.05) is 0 Å². The Morgan fingerprint density at radius 2 is 2.11 bits per heavy atom. The first-order valence-corrected chi connectivity index (χ1v) is 5.91. The van der Waals surface area contributed by atoms with Gasteiger partial charge in [-0.1, -0.05) is 6.07 Å². The fourth-order valence-electron chi connectivity index (χ4n) is 1.99. The number of rotatable bonds is 1. The lowest BCUT2D eigenvalue weighted by atomic mass is 10.0. The number of benzene rings is 1. The number of piperazine rings is 1. The van der Waals surface area contributed by atoms with Gasteiger partial charge in [0.15, 0.2) is 0 Å². The number of amides is 3. The fourth-order valence-corrected chi connectivity index (χ4v) is 1.99. The van der Waals surface area contributed by atoms with Gasteiger partial charge in [0.1, 0.15) is 12.6 Å². The van der Waals surface area contributed by atoms with E-state index in [0.717, 1.165) is 5.56 Å². The molecule has 2 rings (SSSR count). The molecule has 0 saturated carbocycles. The summed E-state index contributed by atoms with van der Waals surface area (Å²) in [6.45, 7) is 3.24. The lowest BCUT2D eigenvalue weighted by Crippen LogP contribution is -2.58. The normalized spacial score (nSPS) is 19.3. The molecule has 1 unspecified atom stereocenters. The molecule has 1 heterocycles. The SMILES string of the molecule is Cc1ccc(N)cc1C(=O)N1CC(=O)NC(=O)C1C. The summed E-state index contributed by atoms with van der Waals surface area (Å²) in [5.41, 5.74) is 7.30. The van der Waals surface area contributed by atoms with Crippen LogP contribution in [0.3, 0.4) is 0 Å². The Kier molecular flexibility index (Phi) is 3.25. The summed E-state index contributed by atoms with van der Waals surface area (Å²) in [5.74, 6) is -1.30. The maximum absolute atomic E-state index is 12.4. The van der Waals surface area contributed by atoms with Crippen molar-refractivity contribution in [3.8, 4) is 0 Å². The molecule has 6 heteroatoms. The maximum Gasteiger partial charge on any atom is 0.255 e. The second kappa shape index (κ2) is 4.72. The van der Waals surface area contributed by atoms with Crippen LogP contribution in [0.2, 0.25) is 0 Å². The van der Waals surface area contributed by atoms with Crippen LogP contribution in [0.1, 0.15) is 22.8 Å². The first-order valence-electron chi connectivity index (χ1n) is 5.91. The Morgan fingerprint density at radius 3 is 2.79 bits per heavy atom. The minimum atomic E-state index is -0.675. The molecule has 0 spiro atoms. The maximum atomic E-state index is 12.4. The van der Waals surface area contributed by atoms with Crippen molar-refractivity contribution in [2.75, 3.05) is 12.3 Å². The van der Waals surface area contributed by atoms with Crippen molar-refractivity contribution in [2.45, 2.75) is 19.9 Å². The molecule has 1 saturated heterocycles. The molecule has 3 N–H and O–H groups in total. The van der Waals surface area contributed by atoms with E-state index in [0.29, 0.717) is 11.3 Å². The van der Waals surface area contributed by atoms with Crippen molar-refractivity contribution >= 4 is 23.4 Å². The number of aryl methyl sites for hydroxylation is 1. The van der Waals surface area contributed by atoms with Gasteiger partial charge in [0.2, 0.25) is 11.8 Å². The summed E-state index contributed by atoms with van der Waals surface area (Å²) < 4.78 is 0. The summed E-state index contributed by atoms with van der Waals surface area (Å²) in [4.78, 5) is 36.6. The summed E-state index contributed by atoms with van der Waals surface area (Å²) in [6, 6.07) is 4.32. The monoisotopic (exact) mass is 261 g/mol. The molecule has 3 amide bonds. The predicted molar refractivity (Wildman–Crippen MR) is 69.2 cm³/mol. The van der Waals surface area contributed by atoms with E-state index < -0.39 is 17.9 Å². The van der Waals surface area contributed by atoms with Crippen LogP contribution in [0.5, 0.6) is 0 Å². The summed E-state index contributed by atoms with van der Waals surface area (Å²) in [5, 5.41) is 2.19. The van der Waals surface area contributed by atoms with E-state index in [2.05, 4.69) is 5.32 Å². The minimum absolute atomic E-state index is 0.125. The van der Waals surface area contributed by atoms with Gasteiger partial charge in [0, 0.05) is 11.3 Å². The Bertz CT molecular complexity index is 568. The van der Waals surface area contributed by atoms with E-state index in [1.54, 1.807) is 32.0 Å². The van der Waals surface area contributed by atoms with Gasteiger partial charge in [0.05, 0.1) is 0 Å². The molecule has 1 aliphatic heterocycles. The summed E-state index contributed by atoms with van der Waals surface area (Å²) >= 11 is 0. The van der Waals surface area contributed by atoms with E-state index >= 15 is 0 Å². The number of hydrogen-bond acceptors (Lipinski definition) is 4. The molecular weight excluding hydrogens is 246 g/mol. The van der Waals surface area contributed by atoms with Crippen molar-refractivity contribution < 1.29 is 14.4 Å².